The number of thiophene rings is 1. The van der Waals surface area contributed by atoms with Gasteiger partial charge in [-0.1, -0.05) is 19.1 Å². The fourth-order valence-corrected chi connectivity index (χ4v) is 3.89. The first-order valence-corrected chi connectivity index (χ1v) is 9.11. The highest BCUT2D eigenvalue weighted by atomic mass is 32.1. The Morgan fingerprint density at radius 2 is 1.88 bits per heavy atom. The maximum absolute atomic E-state index is 13.1. The molecule has 0 unspecified atom stereocenters. The number of hydrogen-bond donors (Lipinski definition) is 1. The van der Waals surface area contributed by atoms with Gasteiger partial charge in [-0.2, -0.15) is 0 Å². The number of nitrogens with zero attached hydrogens (tertiary/aromatic N) is 1. The SMILES string of the molecule is CC[C@@]1(c2ccc(OC)cc2)NC(=O)N(CC(=O)c2ccc(C)s2)C1=O. The molecule has 3 rings (SSSR count). The summed E-state index contributed by atoms with van der Waals surface area (Å²) in [6, 6.07) is 10.0. The normalized spacial score (nSPS) is 19.6. The van der Waals surface area contributed by atoms with Crippen molar-refractivity contribution in [1.29, 1.82) is 0 Å². The van der Waals surface area contributed by atoms with Crippen molar-refractivity contribution in [3.05, 3.63) is 51.7 Å². The minimum atomic E-state index is -1.16. The Bertz CT molecular complexity index is 859. The first-order chi connectivity index (χ1) is 12.4. The summed E-state index contributed by atoms with van der Waals surface area (Å²) in [5, 5.41) is 2.78. The summed E-state index contributed by atoms with van der Waals surface area (Å²) in [6.07, 6.45) is 0.382. The summed E-state index contributed by atoms with van der Waals surface area (Å²) >= 11 is 1.35. The molecule has 26 heavy (non-hydrogen) atoms. The van der Waals surface area contributed by atoms with Gasteiger partial charge in [-0.3, -0.25) is 14.5 Å². The van der Waals surface area contributed by atoms with Crippen LogP contribution < -0.4 is 10.1 Å². The summed E-state index contributed by atoms with van der Waals surface area (Å²) in [5.41, 5.74) is -0.490. The van der Waals surface area contributed by atoms with Crippen LogP contribution in [0, 0.1) is 6.92 Å². The molecule has 136 valence electrons. The van der Waals surface area contributed by atoms with Gasteiger partial charge in [0, 0.05) is 4.88 Å². The van der Waals surface area contributed by atoms with Gasteiger partial charge in [-0.15, -0.1) is 11.3 Å². The number of imide groups is 1. The van der Waals surface area contributed by atoms with Crippen molar-refractivity contribution in [3.8, 4) is 5.75 Å². The van der Waals surface area contributed by atoms with E-state index in [1.165, 1.54) is 11.3 Å². The second-order valence-electron chi connectivity index (χ2n) is 6.14. The molecule has 0 bridgehead atoms. The van der Waals surface area contributed by atoms with Crippen molar-refractivity contribution < 1.29 is 19.1 Å². The van der Waals surface area contributed by atoms with Gasteiger partial charge in [-0.05, 0) is 43.2 Å². The van der Waals surface area contributed by atoms with Gasteiger partial charge in [0.1, 0.15) is 11.3 Å². The fraction of sp³-hybridized carbons (Fsp3) is 0.316. The minimum Gasteiger partial charge on any atom is -0.497 e. The number of methoxy groups -OCH3 is 1. The molecule has 1 saturated heterocycles. The third-order valence-electron chi connectivity index (χ3n) is 4.61. The summed E-state index contributed by atoms with van der Waals surface area (Å²) in [6.45, 7) is 3.47. The van der Waals surface area contributed by atoms with Crippen molar-refractivity contribution >= 4 is 29.1 Å². The second-order valence-corrected chi connectivity index (χ2v) is 7.43. The number of ketones is 1. The van der Waals surface area contributed by atoms with Crippen LogP contribution >= 0.6 is 11.3 Å². The molecule has 1 N–H and O–H groups in total. The van der Waals surface area contributed by atoms with Gasteiger partial charge < -0.3 is 10.1 Å². The Hall–Kier alpha value is -2.67. The van der Waals surface area contributed by atoms with Crippen LogP contribution in [0.1, 0.15) is 33.5 Å². The molecule has 7 heteroatoms. The van der Waals surface area contributed by atoms with E-state index < -0.39 is 17.5 Å². The van der Waals surface area contributed by atoms with E-state index in [0.717, 1.165) is 9.78 Å². The van der Waals surface area contributed by atoms with E-state index in [9.17, 15) is 14.4 Å². The number of benzene rings is 1. The molecule has 3 amide bonds. The van der Waals surface area contributed by atoms with Gasteiger partial charge >= 0.3 is 6.03 Å². The predicted molar refractivity (Wildman–Crippen MR) is 98.6 cm³/mol. The van der Waals surface area contributed by atoms with E-state index >= 15 is 0 Å². The molecule has 1 aliphatic rings. The molecule has 2 heterocycles. The zero-order valence-electron chi connectivity index (χ0n) is 14.9. The lowest BCUT2D eigenvalue weighted by Crippen LogP contribution is -2.43. The number of ether oxygens (including phenoxy) is 1. The number of hydrogen-bond acceptors (Lipinski definition) is 5. The minimum absolute atomic E-state index is 0.242. The Labute approximate surface area is 155 Å². The Morgan fingerprint density at radius 3 is 2.42 bits per heavy atom. The number of Topliss-reactive ketones (excluding diaryl/α,β-unsaturated/α-hetero) is 1. The fourth-order valence-electron chi connectivity index (χ4n) is 3.09. The van der Waals surface area contributed by atoms with Crippen LogP contribution in [0.5, 0.6) is 5.75 Å². The van der Waals surface area contributed by atoms with Crippen molar-refractivity contribution in [2.24, 2.45) is 0 Å². The predicted octanol–water partition coefficient (Wildman–Crippen LogP) is 3.11. The van der Waals surface area contributed by atoms with Crippen LogP contribution in [-0.2, 0) is 10.3 Å². The lowest BCUT2D eigenvalue weighted by atomic mass is 9.87. The highest BCUT2D eigenvalue weighted by molar-refractivity contribution is 7.14. The van der Waals surface area contributed by atoms with Crippen LogP contribution in [0.2, 0.25) is 0 Å². The van der Waals surface area contributed by atoms with Crippen LogP contribution in [-0.4, -0.2) is 36.3 Å². The summed E-state index contributed by atoms with van der Waals surface area (Å²) in [7, 11) is 1.56. The van der Waals surface area contributed by atoms with Gasteiger partial charge in [-0.25, -0.2) is 4.79 Å². The molecule has 6 nitrogen and oxygen atoms in total. The topological polar surface area (TPSA) is 75.7 Å². The van der Waals surface area contributed by atoms with E-state index in [0.29, 0.717) is 22.6 Å². The average Bonchev–Trinajstić information content (AvgIpc) is 3.19. The van der Waals surface area contributed by atoms with Crippen molar-refractivity contribution in [2.75, 3.05) is 13.7 Å². The van der Waals surface area contributed by atoms with E-state index in [-0.39, 0.29) is 12.3 Å². The summed E-state index contributed by atoms with van der Waals surface area (Å²) in [4.78, 5) is 40.5. The molecular weight excluding hydrogens is 352 g/mol. The largest absolute Gasteiger partial charge is 0.497 e. The maximum atomic E-state index is 13.1. The van der Waals surface area contributed by atoms with Crippen molar-refractivity contribution in [3.63, 3.8) is 0 Å². The lowest BCUT2D eigenvalue weighted by molar-refractivity contribution is -0.131. The van der Waals surface area contributed by atoms with E-state index in [4.69, 9.17) is 4.74 Å². The number of nitrogens with one attached hydrogen (secondary N) is 1. The summed E-state index contributed by atoms with van der Waals surface area (Å²) < 4.78 is 5.14. The molecule has 1 aliphatic heterocycles. The number of urea groups is 1. The van der Waals surface area contributed by atoms with Crippen LogP contribution in [0.3, 0.4) is 0 Å². The maximum Gasteiger partial charge on any atom is 0.325 e. The monoisotopic (exact) mass is 372 g/mol. The standard InChI is InChI=1S/C19H20N2O4S/c1-4-19(13-6-8-14(25-3)9-7-13)17(23)21(18(24)20-19)11-15(22)16-10-5-12(2)26-16/h5-10H,4,11H2,1-3H3,(H,20,24)/t19-/m0/s1. The van der Waals surface area contributed by atoms with Gasteiger partial charge in [0.15, 0.2) is 5.78 Å². The molecule has 2 aromatic rings. The Balaban J connectivity index is 1.87. The highest BCUT2D eigenvalue weighted by Gasteiger charge is 2.51. The second kappa shape index (κ2) is 6.92. The molecular formula is C19H20N2O4S. The molecule has 0 spiro atoms. The van der Waals surface area contributed by atoms with Crippen molar-refractivity contribution in [1.82, 2.24) is 10.2 Å². The van der Waals surface area contributed by atoms with Gasteiger partial charge in [0.25, 0.3) is 5.91 Å². The molecule has 1 aromatic heterocycles. The van der Waals surface area contributed by atoms with Gasteiger partial charge in [0.2, 0.25) is 0 Å². The molecule has 1 fully saturated rings. The Morgan fingerprint density at radius 1 is 1.19 bits per heavy atom. The number of amides is 3. The zero-order valence-corrected chi connectivity index (χ0v) is 15.7. The van der Waals surface area contributed by atoms with Gasteiger partial charge in [0.05, 0.1) is 18.5 Å². The third-order valence-corrected chi connectivity index (χ3v) is 5.65. The van der Waals surface area contributed by atoms with Crippen LogP contribution in [0.15, 0.2) is 36.4 Å². The smallest absolute Gasteiger partial charge is 0.325 e. The first kappa shape index (κ1) is 18.1. The van der Waals surface area contributed by atoms with E-state index in [1.54, 1.807) is 37.4 Å². The first-order valence-electron chi connectivity index (χ1n) is 8.29. The Kier molecular flexibility index (Phi) is 4.82. The van der Waals surface area contributed by atoms with E-state index in [1.807, 2.05) is 19.9 Å². The number of carbonyl (C=O) groups excluding carboxylic acids is 3. The molecule has 1 atom stereocenters. The quantitative estimate of drug-likeness (QED) is 0.624. The number of rotatable bonds is 6. The lowest BCUT2D eigenvalue weighted by Gasteiger charge is -2.25. The molecule has 0 radical (unpaired) electrons. The molecule has 0 aliphatic carbocycles. The van der Waals surface area contributed by atoms with Crippen molar-refractivity contribution in [2.45, 2.75) is 25.8 Å². The number of carbonyl (C=O) groups is 3. The molecule has 0 saturated carbocycles. The average molecular weight is 372 g/mol. The summed E-state index contributed by atoms with van der Waals surface area (Å²) in [5.74, 6) is 0.0157. The van der Waals surface area contributed by atoms with E-state index in [2.05, 4.69) is 5.32 Å². The van der Waals surface area contributed by atoms with Crippen LogP contribution in [0.4, 0.5) is 4.79 Å². The molecule has 1 aromatic carbocycles. The zero-order chi connectivity index (χ0) is 18.9. The number of aryl methyl sites for hydroxylation is 1. The third kappa shape index (κ3) is 2.99. The highest BCUT2D eigenvalue weighted by Crippen LogP contribution is 2.33. The van der Waals surface area contributed by atoms with Crippen LogP contribution in [0.25, 0.3) is 0 Å².